The third-order valence-corrected chi connectivity index (χ3v) is 5.16. The van der Waals surface area contributed by atoms with E-state index in [0.717, 1.165) is 10.0 Å². The Bertz CT molecular complexity index is 1310. The highest BCUT2D eigenvalue weighted by molar-refractivity contribution is 9.10. The molecule has 0 aliphatic rings. The Balaban J connectivity index is 1.90. The van der Waals surface area contributed by atoms with Gasteiger partial charge in [-0.15, -0.1) is 0 Å². The zero-order valence-corrected chi connectivity index (χ0v) is 16.6. The minimum absolute atomic E-state index is 0.0211. The number of hydrogen-bond donors (Lipinski definition) is 0. The lowest BCUT2D eigenvalue weighted by atomic mass is 10.2. The molecular weight excluding hydrogens is 434 g/mol. The van der Waals surface area contributed by atoms with Gasteiger partial charge in [-0.1, -0.05) is 58.4 Å². The Morgan fingerprint density at radius 1 is 0.931 bits per heavy atom. The smallest absolute Gasteiger partial charge is 0.269 e. The van der Waals surface area contributed by atoms with Crippen LogP contribution < -0.4 is 5.43 Å². The third-order valence-electron chi connectivity index (χ3n) is 4.44. The van der Waals surface area contributed by atoms with Gasteiger partial charge < -0.3 is 0 Å². The minimum atomic E-state index is -0.462. The van der Waals surface area contributed by atoms with E-state index in [1.165, 1.54) is 22.9 Å². The molecule has 0 saturated carbocycles. The number of fused-ring (bicyclic) bond motifs is 1. The van der Waals surface area contributed by atoms with E-state index >= 15 is 0 Å². The predicted molar refractivity (Wildman–Crippen MR) is 117 cm³/mol. The Labute approximate surface area is 174 Å². The molecule has 0 amide bonds. The highest BCUT2D eigenvalue weighted by atomic mass is 79.9. The van der Waals surface area contributed by atoms with Crippen molar-refractivity contribution in [3.63, 3.8) is 0 Å². The highest BCUT2D eigenvalue weighted by Gasteiger charge is 2.13. The molecule has 0 fully saturated rings. The van der Waals surface area contributed by atoms with Gasteiger partial charge in [0, 0.05) is 22.0 Å². The maximum absolute atomic E-state index is 12.7. The fourth-order valence-electron chi connectivity index (χ4n) is 3.03. The maximum Gasteiger partial charge on any atom is 0.269 e. The first-order valence-corrected chi connectivity index (χ1v) is 9.53. The van der Waals surface area contributed by atoms with Crippen LogP contribution in [-0.2, 0) is 0 Å². The summed E-state index contributed by atoms with van der Waals surface area (Å²) < 4.78 is 2.48. The van der Waals surface area contributed by atoms with Crippen molar-refractivity contribution < 1.29 is 4.92 Å². The first-order valence-electron chi connectivity index (χ1n) is 8.74. The van der Waals surface area contributed by atoms with E-state index in [1.807, 2.05) is 42.5 Å². The maximum atomic E-state index is 12.7. The molecule has 7 heteroatoms. The molecule has 29 heavy (non-hydrogen) atoms. The van der Waals surface area contributed by atoms with Crippen LogP contribution in [0.5, 0.6) is 0 Å². The normalized spacial score (nSPS) is 11.2. The summed E-state index contributed by atoms with van der Waals surface area (Å²) >= 11 is 3.52. The molecule has 0 aliphatic carbocycles. The van der Waals surface area contributed by atoms with Crippen molar-refractivity contribution in [1.82, 2.24) is 9.78 Å². The Kier molecular flexibility index (Phi) is 5.05. The van der Waals surface area contributed by atoms with Gasteiger partial charge in [0.15, 0.2) is 0 Å². The molecule has 0 N–H and O–H groups in total. The number of nitrogens with zero attached hydrogens (tertiary/aromatic N) is 3. The second-order valence-electron chi connectivity index (χ2n) is 6.27. The van der Waals surface area contributed by atoms with E-state index in [9.17, 15) is 14.9 Å². The molecule has 0 saturated heterocycles. The highest BCUT2D eigenvalue weighted by Crippen LogP contribution is 2.24. The fourth-order valence-corrected chi connectivity index (χ4v) is 3.44. The number of rotatable bonds is 4. The van der Waals surface area contributed by atoms with Gasteiger partial charge >= 0.3 is 0 Å². The van der Waals surface area contributed by atoms with E-state index in [2.05, 4.69) is 21.0 Å². The molecule has 0 unspecified atom stereocenters. The Morgan fingerprint density at radius 3 is 2.34 bits per heavy atom. The van der Waals surface area contributed by atoms with E-state index in [1.54, 1.807) is 24.3 Å². The minimum Gasteiger partial charge on any atom is -0.288 e. The van der Waals surface area contributed by atoms with Crippen LogP contribution in [0.4, 0.5) is 5.69 Å². The van der Waals surface area contributed by atoms with Crippen molar-refractivity contribution in [2.45, 2.75) is 0 Å². The topological polar surface area (TPSA) is 78.0 Å². The fraction of sp³-hybridized carbons (Fsp3) is 0. The lowest BCUT2D eigenvalue weighted by Gasteiger charge is -2.01. The monoisotopic (exact) mass is 447 g/mol. The summed E-state index contributed by atoms with van der Waals surface area (Å²) in [5.41, 5.74) is 2.39. The van der Waals surface area contributed by atoms with Gasteiger partial charge in [0.1, 0.15) is 5.52 Å². The molecule has 3 aromatic carbocycles. The van der Waals surface area contributed by atoms with Crippen molar-refractivity contribution in [3.05, 3.63) is 109 Å². The molecule has 4 rings (SSSR count). The van der Waals surface area contributed by atoms with E-state index < -0.39 is 4.92 Å². The van der Waals surface area contributed by atoms with Crippen LogP contribution in [0.25, 0.3) is 28.7 Å². The quantitative estimate of drug-likeness (QED) is 0.317. The second kappa shape index (κ2) is 7.81. The number of benzene rings is 2. The van der Waals surface area contributed by atoms with Crippen LogP contribution in [0.1, 0.15) is 11.3 Å². The molecule has 0 spiro atoms. The first-order chi connectivity index (χ1) is 14.0. The third kappa shape index (κ3) is 3.72. The summed E-state index contributed by atoms with van der Waals surface area (Å²) in [5.74, 6) is 0. The van der Waals surface area contributed by atoms with Crippen LogP contribution >= 0.6 is 15.9 Å². The molecular formula is C22H14BrN3O3. The van der Waals surface area contributed by atoms with Gasteiger partial charge in [-0.2, -0.15) is 5.10 Å². The van der Waals surface area contributed by atoms with Crippen molar-refractivity contribution in [3.8, 4) is 5.69 Å². The SMILES string of the molecule is O=c1ccccc2c(/C=C/c3ccccc3Br)nn(-c3ccc([N+](=O)[O-])cc3)c12. The molecule has 0 atom stereocenters. The summed E-state index contributed by atoms with van der Waals surface area (Å²) in [6, 6.07) is 20.5. The molecule has 0 aliphatic heterocycles. The second-order valence-corrected chi connectivity index (χ2v) is 7.12. The molecule has 1 heterocycles. The molecule has 1 aromatic heterocycles. The number of halogens is 1. The molecule has 0 bridgehead atoms. The van der Waals surface area contributed by atoms with Gasteiger partial charge in [-0.25, -0.2) is 4.68 Å². The van der Waals surface area contributed by atoms with Crippen LogP contribution in [0.3, 0.4) is 0 Å². The standard InChI is InChI=1S/C22H14BrN3O3/c23-19-7-3-1-5-15(19)9-14-20-18-6-2-4-8-21(27)22(18)25(24-20)16-10-12-17(13-11-16)26(28)29/h1-14H/b14-9+. The van der Waals surface area contributed by atoms with E-state index in [-0.39, 0.29) is 11.1 Å². The lowest BCUT2D eigenvalue weighted by Crippen LogP contribution is -2.05. The van der Waals surface area contributed by atoms with E-state index in [4.69, 9.17) is 0 Å². The summed E-state index contributed by atoms with van der Waals surface area (Å²) in [6.07, 6.45) is 3.77. The van der Waals surface area contributed by atoms with Gasteiger partial charge in [0.25, 0.3) is 5.69 Å². The van der Waals surface area contributed by atoms with Crippen LogP contribution in [-0.4, -0.2) is 14.7 Å². The van der Waals surface area contributed by atoms with Gasteiger partial charge in [-0.05, 0) is 35.9 Å². The summed E-state index contributed by atoms with van der Waals surface area (Å²) in [7, 11) is 0. The zero-order valence-electron chi connectivity index (χ0n) is 15.0. The van der Waals surface area contributed by atoms with Crippen LogP contribution in [0, 0.1) is 10.1 Å². The Hall–Kier alpha value is -3.58. The number of aromatic nitrogens is 2. The van der Waals surface area contributed by atoms with Gasteiger partial charge in [0.2, 0.25) is 5.43 Å². The van der Waals surface area contributed by atoms with Crippen molar-refractivity contribution >= 4 is 44.7 Å². The largest absolute Gasteiger partial charge is 0.288 e. The molecule has 4 aromatic rings. The average Bonchev–Trinajstić information content (AvgIpc) is 2.98. The lowest BCUT2D eigenvalue weighted by molar-refractivity contribution is -0.384. The Morgan fingerprint density at radius 2 is 1.62 bits per heavy atom. The number of non-ortho nitro benzene ring substituents is 1. The van der Waals surface area contributed by atoms with Crippen LogP contribution in [0.15, 0.2) is 82.1 Å². The van der Waals surface area contributed by atoms with Crippen molar-refractivity contribution in [2.75, 3.05) is 0 Å². The van der Waals surface area contributed by atoms with Crippen LogP contribution in [0.2, 0.25) is 0 Å². The number of nitro groups is 1. The van der Waals surface area contributed by atoms with Crippen molar-refractivity contribution in [1.29, 1.82) is 0 Å². The summed E-state index contributed by atoms with van der Waals surface area (Å²) in [6.45, 7) is 0. The van der Waals surface area contributed by atoms with E-state index in [0.29, 0.717) is 22.3 Å². The molecule has 0 radical (unpaired) electrons. The summed E-state index contributed by atoms with van der Waals surface area (Å²) in [4.78, 5) is 23.2. The van der Waals surface area contributed by atoms with Gasteiger partial charge in [-0.3, -0.25) is 14.9 Å². The zero-order chi connectivity index (χ0) is 20.4. The van der Waals surface area contributed by atoms with Crippen molar-refractivity contribution in [2.24, 2.45) is 0 Å². The number of hydrogen-bond acceptors (Lipinski definition) is 4. The molecule has 6 nitrogen and oxygen atoms in total. The first kappa shape index (κ1) is 18.8. The number of nitro benzene ring substituents is 1. The van der Waals surface area contributed by atoms with Gasteiger partial charge in [0.05, 0.1) is 16.3 Å². The predicted octanol–water partition coefficient (Wildman–Crippen LogP) is 5.23. The average molecular weight is 448 g/mol. The summed E-state index contributed by atoms with van der Waals surface area (Å²) in [5, 5.41) is 16.2. The molecule has 142 valence electrons.